The SMILES string of the molecule is CC/C=C\C[C@H](O)/C=C/C=C/C=C\C=C/[C@@H](O)[C@H](O)CCCC(=O)O[C@H](COC(=O)CCCCCCCCCCCCCCCCC(C)CC)COP(=O)(O)OC[C@@H](O)COP(=O)(O)O. The van der Waals surface area contributed by atoms with Crippen LogP contribution in [0.5, 0.6) is 0 Å². The minimum Gasteiger partial charge on any atom is -0.462 e. The predicted octanol–water partition coefficient (Wildman–Crippen LogP) is 9.17. The van der Waals surface area contributed by atoms with Crippen molar-refractivity contribution in [2.24, 2.45) is 5.92 Å². The first-order valence-corrected chi connectivity index (χ1v) is 26.7. The van der Waals surface area contributed by atoms with Gasteiger partial charge in [0.25, 0.3) is 0 Å². The number of carbonyl (C=O) groups excluding carboxylic acids is 2. The molecule has 0 aromatic rings. The van der Waals surface area contributed by atoms with Gasteiger partial charge in [-0.3, -0.25) is 23.2 Å². The molecule has 0 aromatic heterocycles. The number of allylic oxidation sites excluding steroid dienone is 7. The Balaban J connectivity index is 4.77. The number of hydrogen-bond donors (Lipinski definition) is 7. The first-order valence-electron chi connectivity index (χ1n) is 23.7. The summed E-state index contributed by atoms with van der Waals surface area (Å²) in [6.45, 7) is 3.54. The van der Waals surface area contributed by atoms with Crippen LogP contribution in [0, 0.1) is 5.92 Å². The fourth-order valence-corrected chi connectivity index (χ4v) is 7.35. The Morgan fingerprint density at radius 1 is 0.569 bits per heavy atom. The van der Waals surface area contributed by atoms with E-state index in [1.54, 1.807) is 42.5 Å². The molecule has 0 saturated heterocycles. The van der Waals surface area contributed by atoms with E-state index in [0.29, 0.717) is 12.8 Å². The lowest BCUT2D eigenvalue weighted by atomic mass is 9.99. The van der Waals surface area contributed by atoms with Crippen molar-refractivity contribution < 1.29 is 76.9 Å². The predicted molar refractivity (Wildman–Crippen MR) is 252 cm³/mol. The van der Waals surface area contributed by atoms with E-state index in [9.17, 15) is 44.0 Å². The molecule has 0 aliphatic heterocycles. The van der Waals surface area contributed by atoms with Gasteiger partial charge < -0.3 is 44.6 Å². The van der Waals surface area contributed by atoms with Gasteiger partial charge in [-0.2, -0.15) is 0 Å². The fraction of sp³-hybridized carbons (Fsp3) is 0.745. The van der Waals surface area contributed by atoms with Gasteiger partial charge in [-0.05, 0) is 38.0 Å². The Morgan fingerprint density at radius 3 is 1.65 bits per heavy atom. The fourth-order valence-electron chi connectivity index (χ4n) is 6.20. The van der Waals surface area contributed by atoms with Gasteiger partial charge in [0.2, 0.25) is 0 Å². The first-order chi connectivity index (χ1) is 31.0. The number of phosphoric ester groups is 2. The molecule has 378 valence electrons. The number of aliphatic hydroxyl groups is 4. The van der Waals surface area contributed by atoms with E-state index >= 15 is 0 Å². The molecule has 18 heteroatoms. The maximum Gasteiger partial charge on any atom is 0.472 e. The second kappa shape index (κ2) is 40.7. The molecule has 0 amide bonds. The van der Waals surface area contributed by atoms with Crippen LogP contribution in [-0.4, -0.2) is 104 Å². The van der Waals surface area contributed by atoms with Crippen molar-refractivity contribution in [3.63, 3.8) is 0 Å². The van der Waals surface area contributed by atoms with Crippen LogP contribution < -0.4 is 0 Å². The number of hydrogen-bond acceptors (Lipinski definition) is 13. The van der Waals surface area contributed by atoms with Crippen molar-refractivity contribution in [1.29, 1.82) is 0 Å². The third kappa shape index (κ3) is 42.8. The highest BCUT2D eigenvalue weighted by molar-refractivity contribution is 7.47. The number of aliphatic hydroxyl groups excluding tert-OH is 4. The second-order valence-corrected chi connectivity index (χ2v) is 19.2. The highest BCUT2D eigenvalue weighted by Gasteiger charge is 2.28. The van der Waals surface area contributed by atoms with Crippen LogP contribution in [-0.2, 0) is 41.8 Å². The standard InChI is InChI=1S/C47H84O16P2/c1-4-6-23-30-41(48)31-25-20-17-18-21-26-32-44(50)45(51)33-28-35-47(53)63-43(39-62-65(57,58)61-37-42(49)36-60-64(54,55)56)38-59-46(52)34-27-22-16-14-12-10-8-7-9-11-13-15-19-24-29-40(3)5-2/h6,17-18,20-21,23,25-26,31-32,40-45,48-51H,4-5,7-16,19,22,24,27-30,33-39H2,1-3H3,(H,57,58)(H2,54,55,56)/b20-17+,21-18-,23-6-,31-25+,32-26-/t40?,41-,42-,43+,44+,45+/m0/s1. The van der Waals surface area contributed by atoms with Crippen molar-refractivity contribution in [1.82, 2.24) is 0 Å². The average molecular weight is 967 g/mol. The van der Waals surface area contributed by atoms with Gasteiger partial charge in [-0.15, -0.1) is 0 Å². The molecule has 0 aliphatic carbocycles. The van der Waals surface area contributed by atoms with Crippen LogP contribution in [0.25, 0.3) is 0 Å². The highest BCUT2D eigenvalue weighted by atomic mass is 31.2. The van der Waals surface area contributed by atoms with E-state index in [0.717, 1.165) is 38.0 Å². The Morgan fingerprint density at radius 2 is 1.08 bits per heavy atom. The van der Waals surface area contributed by atoms with Crippen LogP contribution >= 0.6 is 15.6 Å². The molecule has 0 spiro atoms. The van der Waals surface area contributed by atoms with E-state index in [1.165, 1.54) is 76.7 Å². The molecule has 7 N–H and O–H groups in total. The monoisotopic (exact) mass is 967 g/mol. The maximum atomic E-state index is 12.7. The molecule has 65 heavy (non-hydrogen) atoms. The highest BCUT2D eigenvalue weighted by Crippen LogP contribution is 2.44. The van der Waals surface area contributed by atoms with Gasteiger partial charge in [-0.25, -0.2) is 9.13 Å². The van der Waals surface area contributed by atoms with Gasteiger partial charge in [-0.1, -0.05) is 178 Å². The number of unbranched alkanes of at least 4 members (excludes halogenated alkanes) is 13. The molecule has 0 aromatic carbocycles. The van der Waals surface area contributed by atoms with Gasteiger partial charge in [0, 0.05) is 12.8 Å². The molecule has 0 radical (unpaired) electrons. The summed E-state index contributed by atoms with van der Waals surface area (Å²) in [5.41, 5.74) is 0. The van der Waals surface area contributed by atoms with Crippen molar-refractivity contribution in [2.75, 3.05) is 26.4 Å². The van der Waals surface area contributed by atoms with Crippen molar-refractivity contribution >= 4 is 27.6 Å². The molecule has 16 nitrogen and oxygen atoms in total. The van der Waals surface area contributed by atoms with E-state index in [2.05, 4.69) is 22.9 Å². The largest absolute Gasteiger partial charge is 0.472 e. The lowest BCUT2D eigenvalue weighted by molar-refractivity contribution is -0.161. The molecule has 0 bridgehead atoms. The molecular weight excluding hydrogens is 882 g/mol. The second-order valence-electron chi connectivity index (χ2n) is 16.5. The quantitative estimate of drug-likeness (QED) is 0.00988. The topological polar surface area (TPSA) is 256 Å². The molecule has 2 unspecified atom stereocenters. The van der Waals surface area contributed by atoms with Crippen molar-refractivity contribution in [2.45, 2.75) is 193 Å². The van der Waals surface area contributed by atoms with E-state index in [4.69, 9.17) is 23.8 Å². The average Bonchev–Trinajstić information content (AvgIpc) is 3.26. The smallest absolute Gasteiger partial charge is 0.462 e. The summed E-state index contributed by atoms with van der Waals surface area (Å²) in [6.07, 6.45) is 31.5. The van der Waals surface area contributed by atoms with E-state index in [-0.39, 0.29) is 25.7 Å². The lowest BCUT2D eigenvalue weighted by Gasteiger charge is -2.21. The zero-order chi connectivity index (χ0) is 48.6. The molecule has 0 fully saturated rings. The van der Waals surface area contributed by atoms with E-state index in [1.807, 2.05) is 19.1 Å². The van der Waals surface area contributed by atoms with Gasteiger partial charge in [0.1, 0.15) is 12.7 Å². The first kappa shape index (κ1) is 62.7. The van der Waals surface area contributed by atoms with Gasteiger partial charge in [0.05, 0.1) is 38.1 Å². The van der Waals surface area contributed by atoms with Crippen molar-refractivity contribution in [3.05, 3.63) is 60.8 Å². The minimum atomic E-state index is -4.91. The van der Waals surface area contributed by atoms with Crippen LogP contribution in [0.1, 0.15) is 162 Å². The zero-order valence-electron chi connectivity index (χ0n) is 39.3. The third-order valence-corrected chi connectivity index (χ3v) is 11.7. The number of ether oxygens (including phenoxy) is 2. The van der Waals surface area contributed by atoms with Crippen molar-refractivity contribution in [3.8, 4) is 0 Å². The summed E-state index contributed by atoms with van der Waals surface area (Å²) in [4.78, 5) is 52.9. The Labute approximate surface area is 389 Å². The Kier molecular flexibility index (Phi) is 39.3. The maximum absolute atomic E-state index is 12.7. The van der Waals surface area contributed by atoms with Crippen LogP contribution in [0.3, 0.4) is 0 Å². The van der Waals surface area contributed by atoms with Crippen LogP contribution in [0.15, 0.2) is 60.8 Å². The zero-order valence-corrected chi connectivity index (χ0v) is 41.1. The minimum absolute atomic E-state index is 0.0214. The molecular formula is C47H84O16P2. The Bertz CT molecular complexity index is 1440. The number of rotatable bonds is 43. The van der Waals surface area contributed by atoms with Gasteiger partial charge >= 0.3 is 27.6 Å². The third-order valence-electron chi connectivity index (χ3n) is 10.3. The molecule has 0 aliphatic rings. The summed E-state index contributed by atoms with van der Waals surface area (Å²) in [7, 11) is -9.82. The molecule has 0 rings (SSSR count). The normalized spacial score (nSPS) is 16.4. The van der Waals surface area contributed by atoms with E-state index < -0.39 is 84.5 Å². The summed E-state index contributed by atoms with van der Waals surface area (Å²) >= 11 is 0. The van der Waals surface area contributed by atoms with Crippen LogP contribution in [0.2, 0.25) is 0 Å². The number of carbonyl (C=O) groups is 2. The van der Waals surface area contributed by atoms with Crippen LogP contribution in [0.4, 0.5) is 0 Å². The molecule has 0 heterocycles. The summed E-state index contributed by atoms with van der Waals surface area (Å²) < 4.78 is 47.6. The Hall–Kier alpha value is -2.30. The number of esters is 2. The molecule has 0 saturated carbocycles. The lowest BCUT2D eigenvalue weighted by Crippen LogP contribution is -2.30. The van der Waals surface area contributed by atoms with Gasteiger partial charge in [0.15, 0.2) is 6.10 Å². The molecule has 7 atom stereocenters. The summed E-state index contributed by atoms with van der Waals surface area (Å²) in [5, 5.41) is 40.3. The number of phosphoric acid groups is 2. The summed E-state index contributed by atoms with van der Waals surface area (Å²) in [6, 6.07) is 0. The summed E-state index contributed by atoms with van der Waals surface area (Å²) in [5.74, 6) is -0.517.